The molecule has 1 aliphatic heterocycles. The fourth-order valence-corrected chi connectivity index (χ4v) is 2.17. The lowest BCUT2D eigenvalue weighted by Gasteiger charge is -2.29. The molecule has 0 spiro atoms. The largest absolute Gasteiger partial charge is 0.479 e. The minimum atomic E-state index is -1.29. The van der Waals surface area contributed by atoms with Crippen LogP contribution in [0.5, 0.6) is 0 Å². The van der Waals surface area contributed by atoms with Crippen LogP contribution >= 0.6 is 0 Å². The van der Waals surface area contributed by atoms with Crippen molar-refractivity contribution in [1.82, 2.24) is 10.2 Å². The van der Waals surface area contributed by atoms with Gasteiger partial charge in [0.25, 0.3) is 0 Å². The van der Waals surface area contributed by atoms with Crippen molar-refractivity contribution < 1.29 is 19.4 Å². The van der Waals surface area contributed by atoms with Crippen LogP contribution in [-0.2, 0) is 9.53 Å². The molecule has 114 valence electrons. The Morgan fingerprint density at radius 3 is 2.55 bits per heavy atom. The lowest BCUT2D eigenvalue weighted by atomic mass is 9.99. The first-order valence-corrected chi connectivity index (χ1v) is 6.71. The van der Waals surface area contributed by atoms with Crippen LogP contribution in [0.25, 0.3) is 0 Å². The summed E-state index contributed by atoms with van der Waals surface area (Å²) in [6.45, 7) is 11.7. The molecule has 6 nitrogen and oxygen atoms in total. The average Bonchev–Trinajstić information content (AvgIpc) is 2.70. The van der Waals surface area contributed by atoms with E-state index in [4.69, 9.17) is 4.74 Å². The molecular formula is C14H24N2O4. The van der Waals surface area contributed by atoms with Gasteiger partial charge in [-0.3, -0.25) is 4.90 Å². The second kappa shape index (κ2) is 5.83. The maximum absolute atomic E-state index is 11.8. The van der Waals surface area contributed by atoms with Gasteiger partial charge in [0.2, 0.25) is 0 Å². The Morgan fingerprint density at radius 2 is 2.10 bits per heavy atom. The Hall–Kier alpha value is -1.56. The molecule has 1 fully saturated rings. The second-order valence-corrected chi connectivity index (χ2v) is 6.21. The third-order valence-corrected chi connectivity index (χ3v) is 3.37. The van der Waals surface area contributed by atoms with E-state index in [1.807, 2.05) is 11.8 Å². The van der Waals surface area contributed by atoms with Crippen LogP contribution in [0.15, 0.2) is 12.7 Å². The number of ether oxygens (including phenoxy) is 1. The van der Waals surface area contributed by atoms with E-state index < -0.39 is 23.2 Å². The number of nitrogens with one attached hydrogen (secondary N) is 1. The zero-order valence-electron chi connectivity index (χ0n) is 12.6. The van der Waals surface area contributed by atoms with Crippen molar-refractivity contribution in [2.75, 3.05) is 13.1 Å². The molecule has 0 aromatic heterocycles. The van der Waals surface area contributed by atoms with E-state index in [2.05, 4.69) is 11.9 Å². The molecule has 0 saturated carbocycles. The summed E-state index contributed by atoms with van der Waals surface area (Å²) in [7, 11) is 0. The van der Waals surface area contributed by atoms with Crippen LogP contribution in [0, 0.1) is 0 Å². The highest BCUT2D eigenvalue weighted by atomic mass is 16.6. The van der Waals surface area contributed by atoms with E-state index in [9.17, 15) is 14.7 Å². The first kappa shape index (κ1) is 16.5. The summed E-state index contributed by atoms with van der Waals surface area (Å²) >= 11 is 0. The summed E-state index contributed by atoms with van der Waals surface area (Å²) in [4.78, 5) is 25.4. The predicted octanol–water partition coefficient (Wildman–Crippen LogP) is 1.61. The lowest BCUT2D eigenvalue weighted by Crippen LogP contribution is -2.57. The van der Waals surface area contributed by atoms with Crippen molar-refractivity contribution in [2.45, 2.75) is 51.3 Å². The smallest absolute Gasteiger partial charge is 0.408 e. The molecule has 2 atom stereocenters. The summed E-state index contributed by atoms with van der Waals surface area (Å²) in [5.41, 5.74) is -1.95. The standard InChI is InChI=1S/C14H24N2O4/c1-6-10(2)16-8-7-14(9-16,11(17)18)15-12(19)20-13(3,4)5/h6,10H,1,7-9H2,2-5H3,(H,15,19)(H,17,18). The zero-order chi connectivity index (χ0) is 15.6. The Morgan fingerprint density at radius 1 is 1.50 bits per heavy atom. The van der Waals surface area contributed by atoms with E-state index >= 15 is 0 Å². The van der Waals surface area contributed by atoms with Gasteiger partial charge in [-0.1, -0.05) is 6.08 Å². The minimum Gasteiger partial charge on any atom is -0.479 e. The lowest BCUT2D eigenvalue weighted by molar-refractivity contribution is -0.144. The normalized spacial score (nSPS) is 25.0. The molecule has 1 heterocycles. The van der Waals surface area contributed by atoms with Gasteiger partial charge in [-0.2, -0.15) is 0 Å². The number of carboxylic acid groups (broad SMARTS) is 1. The fourth-order valence-electron chi connectivity index (χ4n) is 2.17. The quantitative estimate of drug-likeness (QED) is 0.767. The highest BCUT2D eigenvalue weighted by molar-refractivity contribution is 5.85. The van der Waals surface area contributed by atoms with Gasteiger partial charge in [-0.25, -0.2) is 9.59 Å². The van der Waals surface area contributed by atoms with Gasteiger partial charge in [0.1, 0.15) is 5.60 Å². The van der Waals surface area contributed by atoms with Gasteiger partial charge in [0.15, 0.2) is 5.54 Å². The molecule has 20 heavy (non-hydrogen) atoms. The van der Waals surface area contributed by atoms with Crippen LogP contribution in [0.4, 0.5) is 4.79 Å². The molecule has 2 N–H and O–H groups in total. The Bertz CT molecular complexity index is 402. The van der Waals surface area contributed by atoms with Gasteiger partial charge in [-0.15, -0.1) is 6.58 Å². The van der Waals surface area contributed by atoms with Gasteiger partial charge >= 0.3 is 12.1 Å². The van der Waals surface area contributed by atoms with Crippen LogP contribution in [0.3, 0.4) is 0 Å². The predicted molar refractivity (Wildman–Crippen MR) is 75.6 cm³/mol. The summed E-state index contributed by atoms with van der Waals surface area (Å²) in [5, 5.41) is 12.0. The number of hydrogen-bond donors (Lipinski definition) is 2. The van der Waals surface area contributed by atoms with E-state index in [1.54, 1.807) is 26.8 Å². The number of rotatable bonds is 4. The topological polar surface area (TPSA) is 78.9 Å². The zero-order valence-corrected chi connectivity index (χ0v) is 12.6. The first-order chi connectivity index (χ1) is 9.09. The Kier molecular flexibility index (Phi) is 4.81. The molecule has 0 aliphatic carbocycles. The van der Waals surface area contributed by atoms with E-state index in [-0.39, 0.29) is 12.6 Å². The van der Waals surface area contributed by atoms with Gasteiger partial charge in [-0.05, 0) is 34.1 Å². The fraction of sp³-hybridized carbons (Fsp3) is 0.714. The number of aliphatic carboxylic acids is 1. The van der Waals surface area contributed by atoms with Crippen LogP contribution in [0.2, 0.25) is 0 Å². The van der Waals surface area contributed by atoms with Crippen molar-refractivity contribution in [2.24, 2.45) is 0 Å². The second-order valence-electron chi connectivity index (χ2n) is 6.21. The molecule has 1 saturated heterocycles. The molecule has 0 aromatic carbocycles. The van der Waals surface area contributed by atoms with E-state index in [0.717, 1.165) is 0 Å². The number of carbonyl (C=O) groups is 2. The SMILES string of the molecule is C=CC(C)N1CCC(NC(=O)OC(C)(C)C)(C(=O)O)C1. The molecule has 1 amide bonds. The van der Waals surface area contributed by atoms with Gasteiger partial charge < -0.3 is 15.2 Å². The third-order valence-electron chi connectivity index (χ3n) is 3.37. The number of hydrogen-bond acceptors (Lipinski definition) is 4. The van der Waals surface area contributed by atoms with Crippen molar-refractivity contribution >= 4 is 12.1 Å². The summed E-state index contributed by atoms with van der Waals surface area (Å²) in [6, 6.07) is 0.0664. The van der Waals surface area contributed by atoms with Crippen molar-refractivity contribution in [3.05, 3.63) is 12.7 Å². The number of carboxylic acids is 1. The summed E-state index contributed by atoms with van der Waals surface area (Å²) < 4.78 is 5.14. The number of nitrogens with zero attached hydrogens (tertiary/aromatic N) is 1. The highest BCUT2D eigenvalue weighted by Crippen LogP contribution is 2.24. The molecule has 1 aliphatic rings. The van der Waals surface area contributed by atoms with Crippen LogP contribution < -0.4 is 5.32 Å². The molecule has 0 radical (unpaired) electrons. The molecule has 2 unspecified atom stereocenters. The average molecular weight is 284 g/mol. The summed E-state index contributed by atoms with van der Waals surface area (Å²) in [5.74, 6) is -1.04. The highest BCUT2D eigenvalue weighted by Gasteiger charge is 2.47. The number of amides is 1. The summed E-state index contributed by atoms with van der Waals surface area (Å²) in [6.07, 6.45) is 1.40. The number of alkyl carbamates (subject to hydrolysis) is 1. The molecule has 1 rings (SSSR count). The van der Waals surface area contributed by atoms with Crippen molar-refractivity contribution in [3.63, 3.8) is 0 Å². The Balaban J connectivity index is 2.78. The number of likely N-dealkylation sites (tertiary alicyclic amines) is 1. The van der Waals surface area contributed by atoms with E-state index in [1.165, 1.54) is 0 Å². The van der Waals surface area contributed by atoms with Crippen LogP contribution in [-0.4, -0.2) is 52.3 Å². The third kappa shape index (κ3) is 3.96. The Labute approximate surface area is 119 Å². The van der Waals surface area contributed by atoms with Gasteiger partial charge in [0, 0.05) is 19.1 Å². The maximum atomic E-state index is 11.8. The van der Waals surface area contributed by atoms with Crippen LogP contribution in [0.1, 0.15) is 34.1 Å². The molecular weight excluding hydrogens is 260 g/mol. The maximum Gasteiger partial charge on any atom is 0.408 e. The molecule has 6 heteroatoms. The monoisotopic (exact) mass is 284 g/mol. The van der Waals surface area contributed by atoms with Crippen molar-refractivity contribution in [1.29, 1.82) is 0 Å². The number of carbonyl (C=O) groups excluding carboxylic acids is 1. The minimum absolute atomic E-state index is 0.0664. The van der Waals surface area contributed by atoms with Gasteiger partial charge in [0.05, 0.1) is 0 Å². The molecule has 0 aromatic rings. The van der Waals surface area contributed by atoms with Crippen molar-refractivity contribution in [3.8, 4) is 0 Å². The molecule has 0 bridgehead atoms. The first-order valence-electron chi connectivity index (χ1n) is 6.71. The van der Waals surface area contributed by atoms with E-state index in [0.29, 0.717) is 13.0 Å².